The van der Waals surface area contributed by atoms with Crippen LogP contribution in [0.1, 0.15) is 25.7 Å². The highest BCUT2D eigenvalue weighted by atomic mass is 16.5. The van der Waals surface area contributed by atoms with Crippen LogP contribution in [-0.2, 0) is 14.3 Å². The maximum atomic E-state index is 11.6. The number of fused-ring (bicyclic) bond motifs is 2. The molecule has 2 rings (SSSR count). The zero-order valence-electron chi connectivity index (χ0n) is 9.64. The molecular formula is C11H17NO4. The molecule has 2 heterocycles. The molecule has 90 valence electrons. The zero-order chi connectivity index (χ0) is 11.7. The van der Waals surface area contributed by atoms with E-state index >= 15 is 0 Å². The van der Waals surface area contributed by atoms with Gasteiger partial charge < -0.3 is 14.4 Å². The van der Waals surface area contributed by atoms with Crippen LogP contribution < -0.4 is 0 Å². The SMILES string of the molecule is COC(=O)[C@H]1CC[C@H]2CC[C@@H]1N2C(=O)OC. The van der Waals surface area contributed by atoms with Gasteiger partial charge in [0, 0.05) is 12.1 Å². The summed E-state index contributed by atoms with van der Waals surface area (Å²) in [6.45, 7) is 0. The van der Waals surface area contributed by atoms with Gasteiger partial charge in [0.25, 0.3) is 0 Å². The lowest BCUT2D eigenvalue weighted by Crippen LogP contribution is -2.50. The lowest BCUT2D eigenvalue weighted by molar-refractivity contribution is -0.148. The number of esters is 1. The molecule has 3 atom stereocenters. The number of ether oxygens (including phenoxy) is 2. The average Bonchev–Trinajstić information content (AvgIpc) is 2.61. The maximum absolute atomic E-state index is 11.6. The van der Waals surface area contributed by atoms with Crippen molar-refractivity contribution in [3.8, 4) is 0 Å². The molecule has 2 bridgehead atoms. The van der Waals surface area contributed by atoms with Gasteiger partial charge in [-0.2, -0.15) is 0 Å². The summed E-state index contributed by atoms with van der Waals surface area (Å²) in [4.78, 5) is 25.0. The van der Waals surface area contributed by atoms with E-state index in [1.165, 1.54) is 14.2 Å². The molecule has 5 heteroatoms. The fraction of sp³-hybridized carbons (Fsp3) is 0.818. The molecule has 0 aromatic heterocycles. The van der Waals surface area contributed by atoms with Crippen LogP contribution in [0, 0.1) is 5.92 Å². The second-order valence-electron chi connectivity index (χ2n) is 4.38. The molecule has 2 aliphatic rings. The lowest BCUT2D eigenvalue weighted by Gasteiger charge is -2.37. The minimum absolute atomic E-state index is 0.0290. The van der Waals surface area contributed by atoms with Gasteiger partial charge in [-0.25, -0.2) is 4.79 Å². The summed E-state index contributed by atoms with van der Waals surface area (Å²) >= 11 is 0. The molecule has 0 radical (unpaired) electrons. The summed E-state index contributed by atoms with van der Waals surface area (Å²) < 4.78 is 9.55. The molecule has 1 amide bonds. The Hall–Kier alpha value is -1.26. The van der Waals surface area contributed by atoms with E-state index < -0.39 is 0 Å². The molecule has 0 aliphatic carbocycles. The van der Waals surface area contributed by atoms with Crippen molar-refractivity contribution in [3.63, 3.8) is 0 Å². The van der Waals surface area contributed by atoms with Gasteiger partial charge in [0.15, 0.2) is 0 Å². The van der Waals surface area contributed by atoms with Crippen LogP contribution in [0.2, 0.25) is 0 Å². The molecule has 2 saturated heterocycles. The highest BCUT2D eigenvalue weighted by Gasteiger charge is 2.48. The molecule has 2 fully saturated rings. The van der Waals surface area contributed by atoms with Gasteiger partial charge in [0.05, 0.1) is 20.1 Å². The van der Waals surface area contributed by atoms with Crippen LogP contribution in [0.3, 0.4) is 0 Å². The Labute approximate surface area is 94.7 Å². The van der Waals surface area contributed by atoms with Crippen molar-refractivity contribution in [1.29, 1.82) is 0 Å². The third-order valence-corrected chi connectivity index (χ3v) is 3.71. The molecule has 0 N–H and O–H groups in total. The predicted octanol–water partition coefficient (Wildman–Crippen LogP) is 1.17. The molecule has 16 heavy (non-hydrogen) atoms. The van der Waals surface area contributed by atoms with E-state index in [0.717, 1.165) is 25.7 Å². The van der Waals surface area contributed by atoms with Crippen LogP contribution >= 0.6 is 0 Å². The summed E-state index contributed by atoms with van der Waals surface area (Å²) in [5.41, 5.74) is 0. The normalized spacial score (nSPS) is 32.4. The first-order valence-corrected chi connectivity index (χ1v) is 5.63. The van der Waals surface area contributed by atoms with E-state index in [2.05, 4.69) is 0 Å². The first kappa shape index (κ1) is 11.2. The predicted molar refractivity (Wildman–Crippen MR) is 55.8 cm³/mol. The van der Waals surface area contributed by atoms with Crippen LogP contribution in [0.25, 0.3) is 0 Å². The largest absolute Gasteiger partial charge is 0.469 e. The Kier molecular flexibility index (Phi) is 3.03. The van der Waals surface area contributed by atoms with Gasteiger partial charge in [-0.1, -0.05) is 0 Å². The Morgan fingerprint density at radius 2 is 1.75 bits per heavy atom. The minimum atomic E-state index is -0.318. The van der Waals surface area contributed by atoms with Gasteiger partial charge in [-0.15, -0.1) is 0 Å². The van der Waals surface area contributed by atoms with Gasteiger partial charge in [-0.3, -0.25) is 4.79 Å². The van der Waals surface area contributed by atoms with E-state index in [1.807, 2.05) is 0 Å². The smallest absolute Gasteiger partial charge is 0.410 e. The third-order valence-electron chi connectivity index (χ3n) is 3.71. The standard InChI is InChI=1S/C11H17NO4/c1-15-10(13)8-5-3-7-4-6-9(8)12(7)11(14)16-2/h7-9H,3-6H2,1-2H3/t7-,8-,9-/m0/s1. The number of rotatable bonds is 1. The molecular weight excluding hydrogens is 210 g/mol. The van der Waals surface area contributed by atoms with Crippen molar-refractivity contribution in [2.24, 2.45) is 5.92 Å². The van der Waals surface area contributed by atoms with Crippen LogP contribution in [0.5, 0.6) is 0 Å². The number of amides is 1. The lowest BCUT2D eigenvalue weighted by atomic mass is 9.90. The van der Waals surface area contributed by atoms with Crippen molar-refractivity contribution in [2.45, 2.75) is 37.8 Å². The maximum Gasteiger partial charge on any atom is 0.410 e. The number of hydrogen-bond acceptors (Lipinski definition) is 4. The summed E-state index contributed by atoms with van der Waals surface area (Å²) in [7, 11) is 2.77. The van der Waals surface area contributed by atoms with Crippen LogP contribution in [0.15, 0.2) is 0 Å². The number of hydrogen-bond donors (Lipinski definition) is 0. The van der Waals surface area contributed by atoms with Gasteiger partial charge in [-0.05, 0) is 25.7 Å². The fourth-order valence-electron chi connectivity index (χ4n) is 2.97. The van der Waals surface area contributed by atoms with Gasteiger partial charge in [0.2, 0.25) is 0 Å². The number of piperidine rings is 1. The average molecular weight is 227 g/mol. The molecule has 0 aromatic carbocycles. The molecule has 0 unspecified atom stereocenters. The topological polar surface area (TPSA) is 55.8 Å². The highest BCUT2D eigenvalue weighted by Crippen LogP contribution is 2.39. The Morgan fingerprint density at radius 1 is 1.06 bits per heavy atom. The molecule has 5 nitrogen and oxygen atoms in total. The second kappa shape index (κ2) is 4.31. The van der Waals surface area contributed by atoms with Gasteiger partial charge in [0.1, 0.15) is 0 Å². The van der Waals surface area contributed by atoms with E-state index in [-0.39, 0.29) is 30.1 Å². The van der Waals surface area contributed by atoms with E-state index in [4.69, 9.17) is 9.47 Å². The summed E-state index contributed by atoms with van der Waals surface area (Å²) in [5.74, 6) is -0.387. The number of carbonyl (C=O) groups excluding carboxylic acids is 2. The number of nitrogens with zero attached hydrogens (tertiary/aromatic N) is 1. The van der Waals surface area contributed by atoms with Crippen molar-refractivity contribution in [2.75, 3.05) is 14.2 Å². The molecule has 2 aliphatic heterocycles. The van der Waals surface area contributed by atoms with Crippen LogP contribution in [0.4, 0.5) is 4.79 Å². The first-order chi connectivity index (χ1) is 7.69. The second-order valence-corrected chi connectivity index (χ2v) is 4.38. The van der Waals surface area contributed by atoms with Crippen LogP contribution in [-0.4, -0.2) is 43.3 Å². The van der Waals surface area contributed by atoms with E-state index in [9.17, 15) is 9.59 Å². The van der Waals surface area contributed by atoms with Gasteiger partial charge >= 0.3 is 12.1 Å². The Morgan fingerprint density at radius 3 is 2.38 bits per heavy atom. The summed E-state index contributed by atoms with van der Waals surface area (Å²) in [6, 6.07) is 0.219. The summed E-state index contributed by atoms with van der Waals surface area (Å²) in [5, 5.41) is 0. The van der Waals surface area contributed by atoms with Crippen molar-refractivity contribution in [3.05, 3.63) is 0 Å². The molecule has 0 spiro atoms. The highest BCUT2D eigenvalue weighted by molar-refractivity contribution is 5.76. The first-order valence-electron chi connectivity index (χ1n) is 5.63. The quantitative estimate of drug-likeness (QED) is 0.631. The van der Waals surface area contributed by atoms with Crippen molar-refractivity contribution >= 4 is 12.1 Å². The summed E-state index contributed by atoms with van der Waals surface area (Å²) in [6.07, 6.45) is 3.20. The van der Waals surface area contributed by atoms with E-state index in [1.54, 1.807) is 4.90 Å². The number of carbonyl (C=O) groups is 2. The third kappa shape index (κ3) is 1.64. The number of methoxy groups -OCH3 is 2. The Balaban J connectivity index is 2.16. The monoisotopic (exact) mass is 227 g/mol. The molecule has 0 saturated carbocycles. The fourth-order valence-corrected chi connectivity index (χ4v) is 2.97. The zero-order valence-corrected chi connectivity index (χ0v) is 9.64. The van der Waals surface area contributed by atoms with E-state index in [0.29, 0.717) is 0 Å². The van der Waals surface area contributed by atoms with Crippen molar-refractivity contribution in [1.82, 2.24) is 4.90 Å². The molecule has 0 aromatic rings. The van der Waals surface area contributed by atoms with Crippen molar-refractivity contribution < 1.29 is 19.1 Å². The Bertz CT molecular complexity index is 304. The minimum Gasteiger partial charge on any atom is -0.469 e.